The Morgan fingerprint density at radius 3 is 2.59 bits per heavy atom. The molecule has 0 saturated carbocycles. The molecule has 1 aliphatic rings. The van der Waals surface area contributed by atoms with Crippen molar-refractivity contribution in [2.75, 3.05) is 37.6 Å². The number of carbonyl (C=O) groups is 2. The van der Waals surface area contributed by atoms with Crippen LogP contribution in [0.2, 0.25) is 0 Å². The zero-order valence-electron chi connectivity index (χ0n) is 16.3. The van der Waals surface area contributed by atoms with E-state index in [1.807, 2.05) is 6.07 Å². The number of nitrogens with one attached hydrogen (secondary N) is 1. The fraction of sp³-hybridized carbons (Fsp3) is 0.333. The van der Waals surface area contributed by atoms with Gasteiger partial charge in [-0.3, -0.25) is 9.59 Å². The van der Waals surface area contributed by atoms with Gasteiger partial charge in [0.1, 0.15) is 17.0 Å². The molecule has 1 aromatic carbocycles. The summed E-state index contributed by atoms with van der Waals surface area (Å²) >= 11 is 1.71. The maximum absolute atomic E-state index is 12.5. The van der Waals surface area contributed by atoms with Gasteiger partial charge in [-0.05, 0) is 24.6 Å². The maximum atomic E-state index is 12.5. The Balaban J connectivity index is 1.34. The third-order valence-corrected chi connectivity index (χ3v) is 6.26. The molecule has 1 N–H and O–H groups in total. The number of hydrogen-bond acceptors (Lipinski definition) is 6. The Bertz CT molecular complexity index is 1010. The van der Waals surface area contributed by atoms with Crippen molar-refractivity contribution in [3.05, 3.63) is 53.2 Å². The average Bonchev–Trinajstić information content (AvgIpc) is 3.21. The minimum Gasteiger partial charge on any atom is -0.352 e. The second kappa shape index (κ2) is 8.57. The van der Waals surface area contributed by atoms with Crippen LogP contribution in [0.1, 0.15) is 22.2 Å². The van der Waals surface area contributed by atoms with E-state index in [9.17, 15) is 9.59 Å². The highest BCUT2D eigenvalue weighted by Crippen LogP contribution is 2.30. The zero-order valence-corrected chi connectivity index (χ0v) is 17.1. The normalized spacial score (nSPS) is 14.2. The topological polar surface area (TPSA) is 78.4 Å². The van der Waals surface area contributed by atoms with Gasteiger partial charge >= 0.3 is 0 Å². The molecule has 2 amide bonds. The van der Waals surface area contributed by atoms with Gasteiger partial charge in [0, 0.05) is 36.6 Å². The summed E-state index contributed by atoms with van der Waals surface area (Å²) in [5.41, 5.74) is 0.556. The molecule has 1 aliphatic heterocycles. The standard InChI is InChI=1S/C21H23N5O2S/c1-2-16-12-17-19(23-14-24-21(17)29-16)26-10-8-25(9-11-26)18(27)13-22-20(28)15-6-4-3-5-7-15/h3-7,12,14H,2,8-11,13H2,1H3,(H,22,28). The monoisotopic (exact) mass is 409 g/mol. The molecule has 1 fully saturated rings. The van der Waals surface area contributed by atoms with Crippen LogP contribution >= 0.6 is 11.3 Å². The summed E-state index contributed by atoms with van der Waals surface area (Å²) in [5, 5.41) is 3.80. The van der Waals surface area contributed by atoms with Crippen LogP contribution in [0.25, 0.3) is 10.2 Å². The number of thiophene rings is 1. The van der Waals surface area contributed by atoms with Gasteiger partial charge in [0.05, 0.1) is 11.9 Å². The van der Waals surface area contributed by atoms with Gasteiger partial charge in [-0.2, -0.15) is 0 Å². The van der Waals surface area contributed by atoms with E-state index in [1.165, 1.54) is 4.88 Å². The minimum atomic E-state index is -0.231. The lowest BCUT2D eigenvalue weighted by Gasteiger charge is -2.35. The number of fused-ring (bicyclic) bond motifs is 1. The molecule has 8 heteroatoms. The predicted molar refractivity (Wildman–Crippen MR) is 114 cm³/mol. The molecule has 3 heterocycles. The number of aryl methyl sites for hydroxylation is 1. The summed E-state index contributed by atoms with van der Waals surface area (Å²) in [4.78, 5) is 39.8. The molecule has 3 aromatic rings. The lowest BCUT2D eigenvalue weighted by Crippen LogP contribution is -2.51. The van der Waals surface area contributed by atoms with Crippen LogP contribution in [0.15, 0.2) is 42.7 Å². The third-order valence-electron chi connectivity index (χ3n) is 5.08. The Labute approximate surface area is 173 Å². The van der Waals surface area contributed by atoms with Crippen LogP contribution in [-0.2, 0) is 11.2 Å². The van der Waals surface area contributed by atoms with Gasteiger partial charge in [-0.25, -0.2) is 9.97 Å². The van der Waals surface area contributed by atoms with Gasteiger partial charge in [0.2, 0.25) is 5.91 Å². The molecule has 0 radical (unpaired) electrons. The van der Waals surface area contributed by atoms with Gasteiger partial charge in [-0.15, -0.1) is 11.3 Å². The number of rotatable bonds is 5. The fourth-order valence-corrected chi connectivity index (χ4v) is 4.38. The third kappa shape index (κ3) is 4.22. The molecule has 1 saturated heterocycles. The van der Waals surface area contributed by atoms with E-state index < -0.39 is 0 Å². The number of nitrogens with zero attached hydrogens (tertiary/aromatic N) is 4. The van der Waals surface area contributed by atoms with E-state index in [0.717, 1.165) is 22.5 Å². The number of anilines is 1. The Hall–Kier alpha value is -3.00. The Kier molecular flexibility index (Phi) is 5.71. The molecule has 0 bridgehead atoms. The molecule has 0 aliphatic carbocycles. The van der Waals surface area contributed by atoms with E-state index in [4.69, 9.17) is 0 Å². The Morgan fingerprint density at radius 1 is 1.10 bits per heavy atom. The molecular formula is C21H23N5O2S. The van der Waals surface area contributed by atoms with E-state index in [0.29, 0.717) is 31.7 Å². The predicted octanol–water partition coefficient (Wildman–Crippen LogP) is 2.33. The number of carbonyl (C=O) groups excluding carboxylic acids is 2. The molecule has 2 aromatic heterocycles. The average molecular weight is 410 g/mol. The first-order valence-electron chi connectivity index (χ1n) is 9.75. The lowest BCUT2D eigenvalue weighted by atomic mass is 10.2. The van der Waals surface area contributed by atoms with Crippen LogP contribution in [0.3, 0.4) is 0 Å². The van der Waals surface area contributed by atoms with E-state index >= 15 is 0 Å². The number of hydrogen-bond donors (Lipinski definition) is 1. The van der Waals surface area contributed by atoms with E-state index in [2.05, 4.69) is 33.2 Å². The van der Waals surface area contributed by atoms with Crippen LogP contribution in [0.5, 0.6) is 0 Å². The molecule has 4 rings (SSSR count). The highest BCUT2D eigenvalue weighted by atomic mass is 32.1. The SMILES string of the molecule is CCc1cc2c(N3CCN(C(=O)CNC(=O)c4ccccc4)CC3)ncnc2s1. The molecule has 7 nitrogen and oxygen atoms in total. The van der Waals surface area contributed by atoms with Crippen LogP contribution < -0.4 is 10.2 Å². The van der Waals surface area contributed by atoms with Crippen molar-refractivity contribution < 1.29 is 9.59 Å². The molecule has 29 heavy (non-hydrogen) atoms. The van der Waals surface area contributed by atoms with Gasteiger partial charge in [0.25, 0.3) is 5.91 Å². The van der Waals surface area contributed by atoms with Crippen molar-refractivity contribution in [3.63, 3.8) is 0 Å². The van der Waals surface area contributed by atoms with Crippen molar-refractivity contribution in [3.8, 4) is 0 Å². The molecular weight excluding hydrogens is 386 g/mol. The second-order valence-electron chi connectivity index (χ2n) is 6.90. The lowest BCUT2D eigenvalue weighted by molar-refractivity contribution is -0.130. The fourth-order valence-electron chi connectivity index (χ4n) is 3.45. The summed E-state index contributed by atoms with van der Waals surface area (Å²) in [6.07, 6.45) is 2.60. The van der Waals surface area contributed by atoms with Gasteiger partial charge in [-0.1, -0.05) is 25.1 Å². The minimum absolute atomic E-state index is 0.00979. The molecule has 150 valence electrons. The highest BCUT2D eigenvalue weighted by Gasteiger charge is 2.24. The summed E-state index contributed by atoms with van der Waals surface area (Å²) in [5.74, 6) is 0.645. The molecule has 0 spiro atoms. The number of benzene rings is 1. The second-order valence-corrected chi connectivity index (χ2v) is 8.01. The summed E-state index contributed by atoms with van der Waals surface area (Å²) in [6, 6.07) is 11.1. The first-order chi connectivity index (χ1) is 14.2. The quantitative estimate of drug-likeness (QED) is 0.700. The summed E-state index contributed by atoms with van der Waals surface area (Å²) < 4.78 is 0. The van der Waals surface area contributed by atoms with Crippen molar-refractivity contribution in [2.24, 2.45) is 0 Å². The van der Waals surface area contributed by atoms with Crippen molar-refractivity contribution in [1.82, 2.24) is 20.2 Å². The van der Waals surface area contributed by atoms with Crippen LogP contribution in [0, 0.1) is 0 Å². The molecule has 0 unspecified atom stereocenters. The first-order valence-corrected chi connectivity index (χ1v) is 10.6. The maximum Gasteiger partial charge on any atom is 0.251 e. The van der Waals surface area contributed by atoms with Crippen molar-refractivity contribution in [1.29, 1.82) is 0 Å². The van der Waals surface area contributed by atoms with Crippen molar-refractivity contribution in [2.45, 2.75) is 13.3 Å². The summed E-state index contributed by atoms with van der Waals surface area (Å²) in [6.45, 7) is 4.78. The number of amides is 2. The Morgan fingerprint density at radius 2 is 1.86 bits per heavy atom. The number of aromatic nitrogens is 2. The zero-order chi connectivity index (χ0) is 20.2. The largest absolute Gasteiger partial charge is 0.352 e. The van der Waals surface area contributed by atoms with Crippen molar-refractivity contribution >= 4 is 39.2 Å². The highest BCUT2D eigenvalue weighted by molar-refractivity contribution is 7.18. The smallest absolute Gasteiger partial charge is 0.251 e. The van der Waals surface area contributed by atoms with Gasteiger partial charge < -0.3 is 15.1 Å². The van der Waals surface area contributed by atoms with E-state index in [1.54, 1.807) is 46.8 Å². The first kappa shape index (κ1) is 19.3. The molecule has 0 atom stereocenters. The van der Waals surface area contributed by atoms with Gasteiger partial charge in [0.15, 0.2) is 0 Å². The summed E-state index contributed by atoms with van der Waals surface area (Å²) in [7, 11) is 0. The van der Waals surface area contributed by atoms with Crippen LogP contribution in [-0.4, -0.2) is 59.4 Å². The van der Waals surface area contributed by atoms with E-state index in [-0.39, 0.29) is 18.4 Å². The number of piperazine rings is 1. The van der Waals surface area contributed by atoms with Crippen LogP contribution in [0.4, 0.5) is 5.82 Å².